The van der Waals surface area contributed by atoms with E-state index in [1.54, 1.807) is 29.3 Å². The van der Waals surface area contributed by atoms with E-state index >= 15 is 0 Å². The highest BCUT2D eigenvalue weighted by Gasteiger charge is 2.60. The zero-order valence-corrected chi connectivity index (χ0v) is 22.5. The van der Waals surface area contributed by atoms with E-state index in [-0.39, 0.29) is 11.8 Å². The van der Waals surface area contributed by atoms with Crippen LogP contribution in [0.3, 0.4) is 0 Å². The minimum atomic E-state index is -0.953. The van der Waals surface area contributed by atoms with Gasteiger partial charge >= 0.3 is 0 Å². The second-order valence-electron chi connectivity index (χ2n) is 9.44. The maximum Gasteiger partial charge on any atom is 0.266 e. The predicted octanol–water partition coefficient (Wildman–Crippen LogP) is 5.71. The molecule has 3 atom stereocenters. The number of para-hydroxylation sites is 1. The molecular formula is C31H34N2O6. The van der Waals surface area contributed by atoms with Crippen molar-refractivity contribution in [2.24, 2.45) is 5.92 Å². The van der Waals surface area contributed by atoms with Crippen LogP contribution in [0.2, 0.25) is 0 Å². The van der Waals surface area contributed by atoms with Gasteiger partial charge < -0.3 is 14.2 Å². The van der Waals surface area contributed by atoms with E-state index in [1.165, 1.54) is 4.90 Å². The number of hydroxylamine groups is 1. The summed E-state index contributed by atoms with van der Waals surface area (Å²) in [5.41, 5.74) is 2.05. The fourth-order valence-electron chi connectivity index (χ4n) is 5.09. The molecule has 0 bridgehead atoms. The van der Waals surface area contributed by atoms with Gasteiger partial charge in [0.05, 0.1) is 37.2 Å². The largest absolute Gasteiger partial charge is 0.494 e. The van der Waals surface area contributed by atoms with Crippen molar-refractivity contribution in [3.63, 3.8) is 0 Å². The molecule has 2 aliphatic heterocycles. The van der Waals surface area contributed by atoms with Gasteiger partial charge in [-0.25, -0.2) is 9.96 Å². The van der Waals surface area contributed by atoms with E-state index in [9.17, 15) is 9.59 Å². The van der Waals surface area contributed by atoms with Crippen molar-refractivity contribution in [2.45, 2.75) is 45.8 Å². The summed E-state index contributed by atoms with van der Waals surface area (Å²) >= 11 is 0. The van der Waals surface area contributed by atoms with Gasteiger partial charge in [0.2, 0.25) is 5.91 Å². The molecule has 3 aromatic carbocycles. The summed E-state index contributed by atoms with van der Waals surface area (Å²) in [7, 11) is 0. The first-order valence-electron chi connectivity index (χ1n) is 13.6. The number of nitrogens with zero attached hydrogens (tertiary/aromatic N) is 2. The molecule has 0 saturated carbocycles. The second-order valence-corrected chi connectivity index (χ2v) is 9.44. The molecule has 204 valence electrons. The van der Waals surface area contributed by atoms with Gasteiger partial charge in [-0.3, -0.25) is 14.4 Å². The Hall–Kier alpha value is -4.04. The number of hydrogen-bond acceptors (Lipinski definition) is 7. The number of carbonyl (C=O) groups is 2. The average molecular weight is 531 g/mol. The Kier molecular flexibility index (Phi) is 8.02. The number of benzene rings is 3. The number of ether oxygens (including phenoxy) is 3. The molecule has 2 amide bonds. The zero-order valence-electron chi connectivity index (χ0n) is 22.5. The number of hydrogen-bond donors (Lipinski definition) is 0. The summed E-state index contributed by atoms with van der Waals surface area (Å²) in [6.07, 6.45) is 1.01. The van der Waals surface area contributed by atoms with Crippen molar-refractivity contribution >= 4 is 23.2 Å². The minimum Gasteiger partial charge on any atom is -0.494 e. The molecule has 0 radical (unpaired) electrons. The Morgan fingerprint density at radius 1 is 0.769 bits per heavy atom. The summed E-state index contributed by atoms with van der Waals surface area (Å²) in [6.45, 7) is 7.52. The van der Waals surface area contributed by atoms with Crippen LogP contribution in [0.25, 0.3) is 0 Å². The van der Waals surface area contributed by atoms with Crippen LogP contribution in [0.1, 0.15) is 45.2 Å². The monoisotopic (exact) mass is 530 g/mol. The van der Waals surface area contributed by atoms with Crippen LogP contribution in [0.4, 0.5) is 11.4 Å². The predicted molar refractivity (Wildman–Crippen MR) is 148 cm³/mol. The summed E-state index contributed by atoms with van der Waals surface area (Å²) < 4.78 is 17.4. The van der Waals surface area contributed by atoms with Gasteiger partial charge in [0.15, 0.2) is 17.6 Å². The average Bonchev–Trinajstić information content (AvgIpc) is 3.46. The van der Waals surface area contributed by atoms with Gasteiger partial charge in [0.1, 0.15) is 11.7 Å². The molecular weight excluding hydrogens is 496 g/mol. The zero-order chi connectivity index (χ0) is 27.4. The van der Waals surface area contributed by atoms with E-state index in [2.05, 4.69) is 6.92 Å². The van der Waals surface area contributed by atoms with Crippen molar-refractivity contribution < 1.29 is 28.6 Å². The fraction of sp³-hybridized carbons (Fsp3) is 0.355. The molecule has 39 heavy (non-hydrogen) atoms. The van der Waals surface area contributed by atoms with Crippen molar-refractivity contribution in [3.8, 4) is 17.2 Å². The van der Waals surface area contributed by atoms with E-state index in [0.29, 0.717) is 42.8 Å². The Labute approximate surface area is 229 Å². The lowest BCUT2D eigenvalue weighted by atomic mass is 9.90. The van der Waals surface area contributed by atoms with Crippen LogP contribution in [0.5, 0.6) is 17.2 Å². The summed E-state index contributed by atoms with van der Waals surface area (Å²) in [4.78, 5) is 35.0. The lowest BCUT2D eigenvalue weighted by molar-refractivity contribution is -0.126. The Bertz CT molecular complexity index is 1300. The molecule has 3 aromatic rings. The number of fused-ring (bicyclic) bond motifs is 1. The SMILES string of the molecule is CCCCOc1ccc([C@H]2[C@@H]3C(=O)N(c4ccc(OCC)cc4)C(=O)[C@H]3ON2c2ccccc2)cc1OCC. The second kappa shape index (κ2) is 11.8. The van der Waals surface area contributed by atoms with Gasteiger partial charge in [-0.05, 0) is 74.4 Å². The molecule has 0 unspecified atom stereocenters. The molecule has 5 rings (SSSR count). The van der Waals surface area contributed by atoms with E-state index < -0.39 is 18.1 Å². The van der Waals surface area contributed by atoms with Gasteiger partial charge in [-0.15, -0.1) is 0 Å². The van der Waals surface area contributed by atoms with Crippen LogP contribution < -0.4 is 24.2 Å². The number of unbranched alkanes of at least 4 members (excludes halogenated alkanes) is 1. The molecule has 2 saturated heterocycles. The molecule has 0 aliphatic carbocycles. The van der Waals surface area contributed by atoms with Gasteiger partial charge in [-0.1, -0.05) is 37.6 Å². The normalized spacial score (nSPS) is 20.3. The molecule has 2 heterocycles. The molecule has 0 N–H and O–H groups in total. The fourth-order valence-corrected chi connectivity index (χ4v) is 5.09. The standard InChI is InChI=1S/C31H34N2O6/c1-4-7-19-38-25-18-13-21(20-26(25)37-6-3)28-27-29(39-33(28)23-11-9-8-10-12-23)31(35)32(30(27)34)22-14-16-24(17-15-22)36-5-2/h8-18,20,27-29H,4-7,19H2,1-3H3/t27-,28-,29-/m0/s1. The first kappa shape index (κ1) is 26.6. The number of rotatable bonds is 11. The summed E-state index contributed by atoms with van der Waals surface area (Å²) in [6, 6.07) is 21.6. The van der Waals surface area contributed by atoms with Crippen LogP contribution in [0.15, 0.2) is 72.8 Å². The molecule has 2 aliphatic rings. The number of amides is 2. The minimum absolute atomic E-state index is 0.307. The third-order valence-corrected chi connectivity index (χ3v) is 6.90. The maximum absolute atomic E-state index is 13.9. The van der Waals surface area contributed by atoms with E-state index in [4.69, 9.17) is 19.0 Å². The highest BCUT2D eigenvalue weighted by atomic mass is 16.7. The highest BCUT2D eigenvalue weighted by molar-refractivity contribution is 6.23. The van der Waals surface area contributed by atoms with Crippen molar-refractivity contribution in [1.29, 1.82) is 0 Å². The third-order valence-electron chi connectivity index (χ3n) is 6.90. The van der Waals surface area contributed by atoms with Crippen LogP contribution >= 0.6 is 0 Å². The van der Waals surface area contributed by atoms with Crippen LogP contribution in [-0.4, -0.2) is 37.7 Å². The lowest BCUT2D eigenvalue weighted by Gasteiger charge is -2.29. The van der Waals surface area contributed by atoms with Crippen LogP contribution in [-0.2, 0) is 14.4 Å². The first-order chi connectivity index (χ1) is 19.1. The van der Waals surface area contributed by atoms with Crippen molar-refractivity contribution in [3.05, 3.63) is 78.4 Å². The summed E-state index contributed by atoms with van der Waals surface area (Å²) in [5.74, 6) is 0.490. The smallest absolute Gasteiger partial charge is 0.266 e. The molecule has 0 spiro atoms. The Morgan fingerprint density at radius 2 is 1.51 bits per heavy atom. The van der Waals surface area contributed by atoms with Crippen molar-refractivity contribution in [1.82, 2.24) is 0 Å². The molecule has 0 aromatic heterocycles. The quantitative estimate of drug-likeness (QED) is 0.232. The lowest BCUT2D eigenvalue weighted by Crippen LogP contribution is -2.37. The van der Waals surface area contributed by atoms with Crippen LogP contribution in [0, 0.1) is 5.92 Å². The Balaban J connectivity index is 1.52. The van der Waals surface area contributed by atoms with Gasteiger partial charge in [0.25, 0.3) is 5.91 Å². The van der Waals surface area contributed by atoms with Crippen molar-refractivity contribution in [2.75, 3.05) is 29.8 Å². The Morgan fingerprint density at radius 3 is 2.21 bits per heavy atom. The van der Waals surface area contributed by atoms with Gasteiger partial charge in [-0.2, -0.15) is 0 Å². The maximum atomic E-state index is 13.9. The van der Waals surface area contributed by atoms with E-state index in [0.717, 1.165) is 24.1 Å². The molecule has 2 fully saturated rings. The molecule has 8 heteroatoms. The number of anilines is 2. The van der Waals surface area contributed by atoms with Gasteiger partial charge in [0, 0.05) is 0 Å². The number of carbonyl (C=O) groups excluding carboxylic acids is 2. The third kappa shape index (κ3) is 5.16. The first-order valence-corrected chi connectivity index (χ1v) is 13.6. The number of imide groups is 1. The topological polar surface area (TPSA) is 77.5 Å². The molecule has 8 nitrogen and oxygen atoms in total. The van der Waals surface area contributed by atoms with E-state index in [1.807, 2.05) is 62.4 Å². The summed E-state index contributed by atoms with van der Waals surface area (Å²) in [5, 5.41) is 1.68. The highest BCUT2D eigenvalue weighted by Crippen LogP contribution is 2.48.